The van der Waals surface area contributed by atoms with Crippen LogP contribution in [0.3, 0.4) is 0 Å². The summed E-state index contributed by atoms with van der Waals surface area (Å²) >= 11 is 6.01. The highest BCUT2D eigenvalue weighted by Crippen LogP contribution is 2.41. The van der Waals surface area contributed by atoms with Crippen molar-refractivity contribution in [3.05, 3.63) is 59.1 Å². The van der Waals surface area contributed by atoms with Gasteiger partial charge in [-0.2, -0.15) is 0 Å². The van der Waals surface area contributed by atoms with Gasteiger partial charge in [0.05, 0.1) is 0 Å². The topological polar surface area (TPSA) is 0 Å². The van der Waals surface area contributed by atoms with Crippen LogP contribution in [0.1, 0.15) is 63.9 Å². The van der Waals surface area contributed by atoms with Crippen molar-refractivity contribution in [1.82, 2.24) is 0 Å². The summed E-state index contributed by atoms with van der Waals surface area (Å²) in [5.74, 6) is 3.12. The Morgan fingerprint density at radius 1 is 0.767 bits per heavy atom. The zero-order valence-electron chi connectivity index (χ0n) is 18.8. The number of hydrogen-bond acceptors (Lipinski definition) is 0. The van der Waals surface area contributed by atoms with Crippen LogP contribution >= 0.6 is 11.6 Å². The van der Waals surface area contributed by atoms with Crippen LogP contribution in [0.4, 0.5) is 0 Å². The van der Waals surface area contributed by atoms with E-state index < -0.39 is 0 Å². The summed E-state index contributed by atoms with van der Waals surface area (Å²) in [4.78, 5) is 0. The normalized spacial score (nSPS) is 27.1. The van der Waals surface area contributed by atoms with Crippen LogP contribution < -0.4 is 0 Å². The molecule has 1 saturated heterocycles. The molecule has 2 aliphatic rings. The zero-order chi connectivity index (χ0) is 20.8. The van der Waals surface area contributed by atoms with Gasteiger partial charge in [0.2, 0.25) is 0 Å². The van der Waals surface area contributed by atoms with E-state index in [0.29, 0.717) is 0 Å². The first-order valence-corrected chi connectivity index (χ1v) is 15.4. The Kier molecular flexibility index (Phi) is 8.12. The molecule has 0 unspecified atom stereocenters. The van der Waals surface area contributed by atoms with Crippen LogP contribution in [0.25, 0.3) is 11.1 Å². The van der Waals surface area contributed by atoms with Crippen molar-refractivity contribution in [2.75, 3.05) is 0 Å². The fraction of sp³-hybridized carbons (Fsp3) is 0.571. The average Bonchev–Trinajstić information content (AvgIpc) is 2.80. The third-order valence-electron chi connectivity index (χ3n) is 8.12. The monoisotopic (exact) mass is 438 g/mol. The van der Waals surface area contributed by atoms with Gasteiger partial charge < -0.3 is 0 Å². The lowest BCUT2D eigenvalue weighted by atomic mass is 9.73. The first kappa shape index (κ1) is 22.2. The van der Waals surface area contributed by atoms with E-state index in [2.05, 4.69) is 43.3 Å². The summed E-state index contributed by atoms with van der Waals surface area (Å²) in [6.07, 6.45) is 13.2. The Bertz CT molecular complexity index is 750. The first-order chi connectivity index (χ1) is 14.7. The summed E-state index contributed by atoms with van der Waals surface area (Å²) in [6.45, 7) is 2.38. The van der Waals surface area contributed by atoms with Crippen molar-refractivity contribution in [2.45, 2.75) is 82.8 Å². The molecule has 2 aromatic rings. The van der Waals surface area contributed by atoms with Gasteiger partial charge in [-0.05, 0) is 72.3 Å². The quantitative estimate of drug-likeness (QED) is 0.378. The summed E-state index contributed by atoms with van der Waals surface area (Å²) in [6, 6.07) is 22.3. The van der Waals surface area contributed by atoms with Crippen LogP contribution in [0, 0.1) is 17.8 Å². The predicted molar refractivity (Wildman–Crippen MR) is 135 cm³/mol. The predicted octanol–water partition coefficient (Wildman–Crippen LogP) is 8.79. The molecule has 1 saturated carbocycles. The number of halogens is 1. The van der Waals surface area contributed by atoms with Crippen molar-refractivity contribution in [1.29, 1.82) is 0 Å². The fourth-order valence-electron chi connectivity index (χ4n) is 6.18. The summed E-state index contributed by atoms with van der Waals surface area (Å²) in [5.41, 5.74) is 4.03. The Morgan fingerprint density at radius 3 is 1.93 bits per heavy atom. The lowest BCUT2D eigenvalue weighted by Gasteiger charge is -2.37. The Morgan fingerprint density at radius 2 is 1.33 bits per heavy atom. The molecule has 0 nitrogen and oxygen atoms in total. The Labute approximate surface area is 191 Å². The van der Waals surface area contributed by atoms with Gasteiger partial charge in [0.15, 0.2) is 0 Å². The fourth-order valence-corrected chi connectivity index (χ4v) is 9.79. The van der Waals surface area contributed by atoms with Crippen LogP contribution in [-0.2, 0) is 6.42 Å². The van der Waals surface area contributed by atoms with Gasteiger partial charge in [0, 0.05) is 13.8 Å². The molecule has 2 aromatic carbocycles. The van der Waals surface area contributed by atoms with Crippen LogP contribution in [0.2, 0.25) is 23.2 Å². The molecule has 0 bridgehead atoms. The van der Waals surface area contributed by atoms with E-state index in [9.17, 15) is 0 Å². The van der Waals surface area contributed by atoms with E-state index >= 15 is 0 Å². The molecule has 0 N–H and O–H groups in total. The van der Waals surface area contributed by atoms with E-state index in [1.165, 1.54) is 61.6 Å². The molecular formula is C28H39ClSi. The van der Waals surface area contributed by atoms with Gasteiger partial charge in [0.1, 0.15) is 0 Å². The molecule has 1 aliphatic heterocycles. The zero-order valence-corrected chi connectivity index (χ0v) is 20.7. The van der Waals surface area contributed by atoms with Gasteiger partial charge in [-0.25, -0.2) is 0 Å². The molecule has 0 amide bonds. The molecule has 0 radical (unpaired) electrons. The molecule has 162 valence electrons. The van der Waals surface area contributed by atoms with Crippen LogP contribution in [0.5, 0.6) is 0 Å². The standard InChI is InChI=1S/C28H39ClSi/c1-2-19-30-20-17-27(18-21-30)25-11-7-23(8-12-25)4-3-22-5-9-24(10-6-22)26-13-15-28(29)16-14-26/h5-6,9-10,13-16,23,25,27,30H,2-4,7-8,11-12,17-21H2,1H3/t23-,25-,27-,30-. The second-order valence-corrected chi connectivity index (χ2v) is 14.0. The van der Waals surface area contributed by atoms with Crippen molar-refractivity contribution in [3.8, 4) is 11.1 Å². The maximum Gasteiger partial charge on any atom is 0.0406 e. The van der Waals surface area contributed by atoms with Crippen LogP contribution in [0.15, 0.2) is 48.5 Å². The Hall–Kier alpha value is -1.05. The second-order valence-electron chi connectivity index (χ2n) is 10.1. The minimum absolute atomic E-state index is 0.310. The van der Waals surface area contributed by atoms with Gasteiger partial charge in [0.25, 0.3) is 0 Å². The van der Waals surface area contributed by atoms with Gasteiger partial charge in [-0.15, -0.1) is 0 Å². The van der Waals surface area contributed by atoms with E-state index in [1.807, 2.05) is 12.1 Å². The number of rotatable bonds is 7. The van der Waals surface area contributed by atoms with Gasteiger partial charge in [-0.1, -0.05) is 105 Å². The minimum Gasteiger partial charge on any atom is -0.0843 e. The molecule has 0 aromatic heterocycles. The van der Waals surface area contributed by atoms with Gasteiger partial charge >= 0.3 is 0 Å². The molecule has 4 rings (SSSR count). The lowest BCUT2D eigenvalue weighted by Crippen LogP contribution is -2.28. The maximum atomic E-state index is 6.01. The highest BCUT2D eigenvalue weighted by Gasteiger charge is 2.30. The maximum absolute atomic E-state index is 6.01. The van der Waals surface area contributed by atoms with E-state index in [0.717, 1.165) is 22.8 Å². The highest BCUT2D eigenvalue weighted by atomic mass is 35.5. The number of benzene rings is 2. The van der Waals surface area contributed by atoms with Crippen LogP contribution in [-0.4, -0.2) is 8.80 Å². The third kappa shape index (κ3) is 6.01. The average molecular weight is 439 g/mol. The molecule has 0 atom stereocenters. The third-order valence-corrected chi connectivity index (χ3v) is 12.1. The number of hydrogen-bond donors (Lipinski definition) is 0. The van der Waals surface area contributed by atoms with Crippen molar-refractivity contribution in [2.24, 2.45) is 17.8 Å². The molecule has 2 fully saturated rings. The minimum atomic E-state index is -0.310. The molecular weight excluding hydrogens is 400 g/mol. The SMILES string of the molecule is CCC[Si@H]1CC[C@H]([C@H]2CC[C@H](CCc3ccc(-c4ccc(Cl)cc4)cc3)CC2)CC1. The summed E-state index contributed by atoms with van der Waals surface area (Å²) < 4.78 is 0. The van der Waals surface area contributed by atoms with Crippen molar-refractivity contribution >= 4 is 20.4 Å². The molecule has 30 heavy (non-hydrogen) atoms. The van der Waals surface area contributed by atoms with Crippen molar-refractivity contribution in [3.63, 3.8) is 0 Å². The molecule has 2 heteroatoms. The smallest absolute Gasteiger partial charge is 0.0406 e. The van der Waals surface area contributed by atoms with Gasteiger partial charge in [-0.3, -0.25) is 0 Å². The Balaban J connectivity index is 1.19. The first-order valence-electron chi connectivity index (χ1n) is 12.6. The largest absolute Gasteiger partial charge is 0.0843 e. The van der Waals surface area contributed by atoms with Crippen molar-refractivity contribution < 1.29 is 0 Å². The summed E-state index contributed by atoms with van der Waals surface area (Å²) in [5, 5.41) is 0.802. The van der Waals surface area contributed by atoms with E-state index in [4.69, 9.17) is 11.6 Å². The lowest BCUT2D eigenvalue weighted by molar-refractivity contribution is 0.186. The van der Waals surface area contributed by atoms with E-state index in [-0.39, 0.29) is 8.80 Å². The highest BCUT2D eigenvalue weighted by molar-refractivity contribution is 6.58. The van der Waals surface area contributed by atoms with E-state index in [1.54, 1.807) is 31.0 Å². The molecule has 1 heterocycles. The number of aryl methyl sites for hydroxylation is 1. The second kappa shape index (κ2) is 11.0. The molecule has 1 aliphatic carbocycles. The molecule has 0 spiro atoms. The summed E-state index contributed by atoms with van der Waals surface area (Å²) in [7, 11) is -0.310.